The van der Waals surface area contributed by atoms with Crippen LogP contribution in [0.5, 0.6) is 11.5 Å². The summed E-state index contributed by atoms with van der Waals surface area (Å²) in [5.41, 5.74) is 1.31. The Kier molecular flexibility index (Phi) is 7.58. The van der Waals surface area contributed by atoms with Gasteiger partial charge in [0.1, 0.15) is 0 Å². The Morgan fingerprint density at radius 3 is 2.70 bits per heavy atom. The van der Waals surface area contributed by atoms with E-state index in [9.17, 15) is 9.59 Å². The van der Waals surface area contributed by atoms with Gasteiger partial charge < -0.3 is 18.9 Å². The number of rotatable bonds is 6. The van der Waals surface area contributed by atoms with Gasteiger partial charge >= 0.3 is 11.9 Å². The Morgan fingerprint density at radius 2 is 2.00 bits per heavy atom. The number of cyclic esters (lactones) is 1. The van der Waals surface area contributed by atoms with Gasteiger partial charge in [-0.2, -0.15) is 0 Å². The van der Waals surface area contributed by atoms with Crippen LogP contribution in [-0.2, 0) is 19.1 Å². The van der Waals surface area contributed by atoms with Crippen LogP contribution in [0.3, 0.4) is 0 Å². The quantitative estimate of drug-likeness (QED) is 0.261. The molecule has 0 amide bonds. The van der Waals surface area contributed by atoms with E-state index in [1.54, 1.807) is 30.3 Å². The smallest absolute Gasteiger partial charge is 0.363 e. The van der Waals surface area contributed by atoms with Crippen LogP contribution in [0, 0.1) is 7.14 Å². The van der Waals surface area contributed by atoms with Crippen LogP contribution in [0.4, 0.5) is 0 Å². The maximum absolute atomic E-state index is 12.3. The third-order valence-electron chi connectivity index (χ3n) is 3.90. The number of hydrogen-bond donors (Lipinski definition) is 0. The predicted molar refractivity (Wildman–Crippen MR) is 128 cm³/mol. The largest absolute Gasteiger partial charge is 0.493 e. The highest BCUT2D eigenvalue weighted by Crippen LogP contribution is 2.35. The topological polar surface area (TPSA) is 83.4 Å². The fraction of sp³-hybridized carbons (Fsp3) is 0.150. The minimum absolute atomic E-state index is 0.126. The first-order valence-electron chi connectivity index (χ1n) is 8.37. The summed E-state index contributed by atoms with van der Waals surface area (Å²) in [4.78, 5) is 28.0. The van der Waals surface area contributed by atoms with Crippen LogP contribution in [0.15, 0.2) is 41.0 Å². The lowest BCUT2D eigenvalue weighted by Crippen LogP contribution is -2.13. The number of halogens is 3. The van der Waals surface area contributed by atoms with Gasteiger partial charge in [0, 0.05) is 3.57 Å². The van der Waals surface area contributed by atoms with E-state index in [0.29, 0.717) is 31.2 Å². The summed E-state index contributed by atoms with van der Waals surface area (Å²) in [6.45, 7) is -0.250. The number of methoxy groups -OCH3 is 2. The molecule has 0 saturated heterocycles. The monoisotopic (exact) mass is 653 g/mol. The molecular formula is C20H14ClI2NO6. The zero-order valence-corrected chi connectivity index (χ0v) is 20.8. The molecule has 7 nitrogen and oxygen atoms in total. The summed E-state index contributed by atoms with van der Waals surface area (Å²) in [7, 11) is 2.76. The molecule has 0 bridgehead atoms. The minimum Gasteiger partial charge on any atom is -0.493 e. The van der Waals surface area contributed by atoms with Gasteiger partial charge in [0.15, 0.2) is 23.8 Å². The molecule has 0 radical (unpaired) electrons. The number of esters is 2. The van der Waals surface area contributed by atoms with Gasteiger partial charge in [-0.05, 0) is 87.2 Å². The van der Waals surface area contributed by atoms with Crippen molar-refractivity contribution in [3.63, 3.8) is 0 Å². The maximum atomic E-state index is 12.3. The van der Waals surface area contributed by atoms with Crippen molar-refractivity contribution in [2.75, 3.05) is 20.8 Å². The summed E-state index contributed by atoms with van der Waals surface area (Å²) in [6.07, 6.45) is 1.58. The Bertz CT molecular complexity index is 1080. The number of ether oxygens (including phenoxy) is 4. The van der Waals surface area contributed by atoms with Gasteiger partial charge in [0.25, 0.3) is 0 Å². The second-order valence-corrected chi connectivity index (χ2v) is 8.67. The number of carbonyl (C=O) groups excluding carboxylic acids is 2. The van der Waals surface area contributed by atoms with E-state index in [4.69, 9.17) is 25.8 Å². The van der Waals surface area contributed by atoms with E-state index in [-0.39, 0.29) is 18.2 Å². The molecule has 156 valence electrons. The highest BCUT2D eigenvalue weighted by molar-refractivity contribution is 14.1. The summed E-state index contributed by atoms with van der Waals surface area (Å²) in [5.74, 6) is -0.151. The second kappa shape index (κ2) is 9.96. The first kappa shape index (κ1) is 22.8. The van der Waals surface area contributed by atoms with E-state index in [0.717, 1.165) is 3.57 Å². The molecular weight excluding hydrogens is 639 g/mol. The van der Waals surface area contributed by atoms with E-state index >= 15 is 0 Å². The zero-order chi connectivity index (χ0) is 21.8. The number of carbonyl (C=O) groups is 2. The summed E-state index contributed by atoms with van der Waals surface area (Å²) >= 11 is 10.4. The van der Waals surface area contributed by atoms with Gasteiger partial charge in [-0.25, -0.2) is 14.6 Å². The summed E-state index contributed by atoms with van der Waals surface area (Å²) < 4.78 is 22.4. The van der Waals surface area contributed by atoms with Gasteiger partial charge in [-0.1, -0.05) is 11.6 Å². The predicted octanol–water partition coefficient (Wildman–Crippen LogP) is 4.45. The van der Waals surface area contributed by atoms with Crippen LogP contribution in [0.2, 0.25) is 5.02 Å². The molecule has 0 atom stereocenters. The minimum atomic E-state index is -0.583. The van der Waals surface area contributed by atoms with Crippen LogP contribution in [-0.4, -0.2) is 38.7 Å². The summed E-state index contributed by atoms with van der Waals surface area (Å²) in [6, 6.07) is 8.79. The van der Waals surface area contributed by atoms with Crippen LogP contribution >= 0.6 is 56.8 Å². The Hall–Kier alpha value is -1.86. The molecule has 0 unspecified atom stereocenters. The molecule has 3 rings (SSSR count). The van der Waals surface area contributed by atoms with Crippen LogP contribution in [0.1, 0.15) is 11.1 Å². The molecule has 0 spiro atoms. The maximum Gasteiger partial charge on any atom is 0.363 e. The van der Waals surface area contributed by atoms with E-state index in [1.165, 1.54) is 14.2 Å². The van der Waals surface area contributed by atoms with Crippen molar-refractivity contribution in [1.29, 1.82) is 0 Å². The average molecular weight is 654 g/mol. The van der Waals surface area contributed by atoms with E-state index in [2.05, 4.69) is 54.9 Å². The molecule has 2 aromatic carbocycles. The Balaban J connectivity index is 1.93. The lowest BCUT2D eigenvalue weighted by atomic mass is 10.1. The van der Waals surface area contributed by atoms with Crippen molar-refractivity contribution in [2.24, 2.45) is 4.99 Å². The fourth-order valence-electron chi connectivity index (χ4n) is 2.50. The normalized spacial score (nSPS) is 14.4. The van der Waals surface area contributed by atoms with Gasteiger partial charge in [0.2, 0.25) is 5.90 Å². The Morgan fingerprint density at radius 1 is 1.23 bits per heavy atom. The molecule has 1 aliphatic rings. The second-order valence-electron chi connectivity index (χ2n) is 5.86. The first-order valence-corrected chi connectivity index (χ1v) is 10.9. The molecule has 0 saturated carbocycles. The number of nitrogens with zero attached hydrogens (tertiary/aromatic N) is 1. The molecule has 0 aliphatic carbocycles. The molecule has 30 heavy (non-hydrogen) atoms. The summed E-state index contributed by atoms with van der Waals surface area (Å²) in [5, 5.41) is 0.437. The molecule has 0 N–H and O–H groups in total. The van der Waals surface area contributed by atoms with E-state index in [1.807, 2.05) is 6.07 Å². The zero-order valence-electron chi connectivity index (χ0n) is 15.7. The van der Waals surface area contributed by atoms with Crippen LogP contribution < -0.4 is 9.47 Å². The van der Waals surface area contributed by atoms with Crippen LogP contribution in [0.25, 0.3) is 6.08 Å². The SMILES string of the molecule is COC(=O)COc1c(I)cc(/C=C2\N=C(c3cc(I)ccc3Cl)OC2=O)cc1OC. The van der Waals surface area contributed by atoms with Gasteiger partial charge in [0.05, 0.1) is 28.4 Å². The van der Waals surface area contributed by atoms with Crippen molar-refractivity contribution < 1.29 is 28.5 Å². The molecule has 2 aromatic rings. The first-order chi connectivity index (χ1) is 14.3. The molecule has 1 heterocycles. The number of benzene rings is 2. The highest BCUT2D eigenvalue weighted by atomic mass is 127. The lowest BCUT2D eigenvalue weighted by Gasteiger charge is -2.12. The molecule has 1 aliphatic heterocycles. The third kappa shape index (κ3) is 5.24. The molecule has 10 heteroatoms. The number of hydrogen-bond acceptors (Lipinski definition) is 7. The highest BCUT2D eigenvalue weighted by Gasteiger charge is 2.26. The lowest BCUT2D eigenvalue weighted by molar-refractivity contribution is -0.143. The van der Waals surface area contributed by atoms with Crippen molar-refractivity contribution in [2.45, 2.75) is 0 Å². The number of aliphatic imine (C=N–C) groups is 1. The molecule has 0 fully saturated rings. The third-order valence-corrected chi connectivity index (χ3v) is 5.70. The molecule has 0 aromatic heterocycles. The van der Waals surface area contributed by atoms with Crippen molar-refractivity contribution in [3.8, 4) is 11.5 Å². The van der Waals surface area contributed by atoms with Gasteiger partial charge in [-0.15, -0.1) is 0 Å². The van der Waals surface area contributed by atoms with Crippen molar-refractivity contribution >= 4 is 80.7 Å². The van der Waals surface area contributed by atoms with E-state index < -0.39 is 11.9 Å². The van der Waals surface area contributed by atoms with Crippen molar-refractivity contribution in [1.82, 2.24) is 0 Å². The average Bonchev–Trinajstić information content (AvgIpc) is 3.08. The van der Waals surface area contributed by atoms with Gasteiger partial charge in [-0.3, -0.25) is 0 Å². The Labute approximate surface area is 204 Å². The van der Waals surface area contributed by atoms with Crippen molar-refractivity contribution in [3.05, 3.63) is 59.3 Å². The standard InChI is InChI=1S/C20H14ClI2NO6/c1-27-16-7-10(5-14(23)18(16)29-9-17(25)28-2)6-15-20(26)30-19(24-15)12-8-11(22)3-4-13(12)21/h3-8H,9H2,1-2H3/b15-6-. The fourth-order valence-corrected chi connectivity index (χ4v) is 3.97.